The molecular formula is C18H14N4O. The van der Waals surface area contributed by atoms with Crippen LogP contribution >= 0.6 is 0 Å². The minimum Gasteiger partial charge on any atom is -0.360 e. The molecule has 0 bridgehead atoms. The molecule has 2 rings (SSSR count). The highest BCUT2D eigenvalue weighted by molar-refractivity contribution is 6.07. The number of hydrogen-bond acceptors (Lipinski definition) is 4. The Balaban J connectivity index is 2.12. The highest BCUT2D eigenvalue weighted by Crippen LogP contribution is 2.15. The molecule has 23 heavy (non-hydrogen) atoms. The minimum atomic E-state index is -0.574. The lowest BCUT2D eigenvalue weighted by atomic mass is 10.2. The predicted molar refractivity (Wildman–Crippen MR) is 88.3 cm³/mol. The van der Waals surface area contributed by atoms with Gasteiger partial charge in [-0.3, -0.25) is 4.79 Å². The molecule has 112 valence electrons. The Morgan fingerprint density at radius 3 is 2.43 bits per heavy atom. The highest BCUT2D eigenvalue weighted by atomic mass is 16.1. The van der Waals surface area contributed by atoms with Gasteiger partial charge in [0, 0.05) is 11.9 Å². The van der Waals surface area contributed by atoms with E-state index in [1.54, 1.807) is 24.3 Å². The molecule has 2 N–H and O–H groups in total. The third-order valence-electron chi connectivity index (χ3n) is 3.10. The molecule has 0 spiro atoms. The Morgan fingerprint density at radius 1 is 1.09 bits per heavy atom. The second kappa shape index (κ2) is 7.44. The molecular weight excluding hydrogens is 288 g/mol. The molecule has 0 saturated carbocycles. The Hall–Kier alpha value is -3.57. The van der Waals surface area contributed by atoms with Crippen molar-refractivity contribution in [2.24, 2.45) is 0 Å². The van der Waals surface area contributed by atoms with Crippen LogP contribution in [0.2, 0.25) is 0 Å². The number of nitriles is 2. The van der Waals surface area contributed by atoms with E-state index in [1.165, 1.54) is 6.20 Å². The van der Waals surface area contributed by atoms with Crippen molar-refractivity contribution in [2.45, 2.75) is 6.92 Å². The maximum atomic E-state index is 12.1. The second-order valence-corrected chi connectivity index (χ2v) is 4.79. The van der Waals surface area contributed by atoms with Crippen LogP contribution in [-0.4, -0.2) is 5.91 Å². The van der Waals surface area contributed by atoms with E-state index in [9.17, 15) is 4.79 Å². The average molecular weight is 302 g/mol. The smallest absolute Gasteiger partial charge is 0.267 e. The molecule has 2 aromatic rings. The number of nitrogens with one attached hydrogen (secondary N) is 2. The van der Waals surface area contributed by atoms with E-state index in [-0.39, 0.29) is 5.57 Å². The summed E-state index contributed by atoms with van der Waals surface area (Å²) in [5, 5.41) is 23.6. The fraction of sp³-hybridized carbons (Fsp3) is 0.0556. The molecule has 1 amide bonds. The van der Waals surface area contributed by atoms with Crippen molar-refractivity contribution in [1.29, 1.82) is 10.5 Å². The summed E-state index contributed by atoms with van der Waals surface area (Å²) in [7, 11) is 0. The molecule has 0 saturated heterocycles. The third-order valence-corrected chi connectivity index (χ3v) is 3.10. The van der Waals surface area contributed by atoms with Gasteiger partial charge in [0.15, 0.2) is 0 Å². The maximum absolute atomic E-state index is 12.1. The van der Waals surface area contributed by atoms with Crippen molar-refractivity contribution in [1.82, 2.24) is 0 Å². The van der Waals surface area contributed by atoms with Gasteiger partial charge in [0.1, 0.15) is 17.7 Å². The van der Waals surface area contributed by atoms with Gasteiger partial charge in [0.05, 0.1) is 11.3 Å². The van der Waals surface area contributed by atoms with Crippen LogP contribution in [0.25, 0.3) is 0 Å². The van der Waals surface area contributed by atoms with Crippen LogP contribution < -0.4 is 10.6 Å². The number of nitrogens with zero attached hydrogens (tertiary/aromatic N) is 2. The molecule has 0 aliphatic rings. The number of carbonyl (C=O) groups excluding carboxylic acids is 1. The van der Waals surface area contributed by atoms with Crippen LogP contribution in [0.4, 0.5) is 11.4 Å². The quantitative estimate of drug-likeness (QED) is 0.669. The van der Waals surface area contributed by atoms with Crippen LogP contribution in [0, 0.1) is 29.6 Å². The van der Waals surface area contributed by atoms with Gasteiger partial charge in [-0.05, 0) is 31.2 Å². The lowest BCUT2D eigenvalue weighted by molar-refractivity contribution is -0.112. The number of benzene rings is 2. The third kappa shape index (κ3) is 4.20. The number of hydrogen-bond donors (Lipinski definition) is 2. The summed E-state index contributed by atoms with van der Waals surface area (Å²) < 4.78 is 0. The number of anilines is 2. The van der Waals surface area contributed by atoms with Crippen molar-refractivity contribution in [2.75, 3.05) is 10.6 Å². The molecule has 0 radical (unpaired) electrons. The van der Waals surface area contributed by atoms with E-state index in [0.717, 1.165) is 11.3 Å². The average Bonchev–Trinajstić information content (AvgIpc) is 2.57. The highest BCUT2D eigenvalue weighted by Gasteiger charge is 2.11. The predicted octanol–water partition coefficient (Wildman–Crippen LogP) is 3.32. The molecule has 0 atom stereocenters. The fourth-order valence-corrected chi connectivity index (χ4v) is 1.83. The molecule has 5 heteroatoms. The van der Waals surface area contributed by atoms with Gasteiger partial charge in [-0.15, -0.1) is 0 Å². The molecule has 0 aliphatic heterocycles. The van der Waals surface area contributed by atoms with Gasteiger partial charge in [-0.1, -0.05) is 29.8 Å². The standard InChI is InChI=1S/C18H14N4O/c1-13-6-8-16(9-7-13)21-12-15(11-20)18(23)22-17-5-3-2-4-14(17)10-19/h2-9,12,21H,1H3,(H,22,23)/b15-12-. The summed E-state index contributed by atoms with van der Waals surface area (Å²) in [6.45, 7) is 1.97. The maximum Gasteiger partial charge on any atom is 0.267 e. The molecule has 0 aromatic heterocycles. The first-order valence-corrected chi connectivity index (χ1v) is 6.88. The Kier molecular flexibility index (Phi) is 5.12. The fourth-order valence-electron chi connectivity index (χ4n) is 1.83. The van der Waals surface area contributed by atoms with Crippen molar-refractivity contribution < 1.29 is 4.79 Å². The molecule has 0 heterocycles. The van der Waals surface area contributed by atoms with E-state index in [0.29, 0.717) is 11.3 Å². The molecule has 0 fully saturated rings. The summed E-state index contributed by atoms with van der Waals surface area (Å²) in [5.74, 6) is -0.574. The van der Waals surface area contributed by atoms with E-state index < -0.39 is 5.91 Å². The van der Waals surface area contributed by atoms with Crippen LogP contribution in [0.15, 0.2) is 60.3 Å². The number of para-hydroxylation sites is 1. The summed E-state index contributed by atoms with van der Waals surface area (Å²) in [4.78, 5) is 12.1. The Morgan fingerprint density at radius 2 is 1.78 bits per heavy atom. The van der Waals surface area contributed by atoms with Crippen LogP contribution in [0.1, 0.15) is 11.1 Å². The van der Waals surface area contributed by atoms with Crippen molar-refractivity contribution >= 4 is 17.3 Å². The minimum absolute atomic E-state index is 0.0849. The summed E-state index contributed by atoms with van der Waals surface area (Å²) in [6.07, 6.45) is 1.34. The largest absolute Gasteiger partial charge is 0.360 e. The zero-order chi connectivity index (χ0) is 16.7. The van der Waals surface area contributed by atoms with Crippen LogP contribution in [0.5, 0.6) is 0 Å². The first-order chi connectivity index (χ1) is 11.1. The van der Waals surface area contributed by atoms with E-state index in [1.807, 2.05) is 43.3 Å². The van der Waals surface area contributed by atoms with Gasteiger partial charge < -0.3 is 10.6 Å². The number of rotatable bonds is 4. The van der Waals surface area contributed by atoms with Gasteiger partial charge in [-0.25, -0.2) is 0 Å². The molecule has 2 aromatic carbocycles. The second-order valence-electron chi connectivity index (χ2n) is 4.79. The summed E-state index contributed by atoms with van der Waals surface area (Å²) in [5.41, 5.74) is 2.51. The Labute approximate surface area is 134 Å². The van der Waals surface area contributed by atoms with Gasteiger partial charge in [0.25, 0.3) is 5.91 Å². The zero-order valence-corrected chi connectivity index (χ0v) is 12.5. The lowest BCUT2D eigenvalue weighted by Crippen LogP contribution is -2.15. The van der Waals surface area contributed by atoms with Crippen molar-refractivity contribution in [3.05, 3.63) is 71.4 Å². The van der Waals surface area contributed by atoms with Gasteiger partial charge in [-0.2, -0.15) is 10.5 Å². The topological polar surface area (TPSA) is 88.7 Å². The number of carbonyl (C=O) groups is 1. The van der Waals surface area contributed by atoms with Crippen molar-refractivity contribution in [3.63, 3.8) is 0 Å². The normalized spacial score (nSPS) is 10.3. The molecule has 0 unspecified atom stereocenters. The van der Waals surface area contributed by atoms with Gasteiger partial charge in [0.2, 0.25) is 0 Å². The number of aryl methyl sites for hydroxylation is 1. The molecule has 0 aliphatic carbocycles. The van der Waals surface area contributed by atoms with E-state index in [4.69, 9.17) is 10.5 Å². The van der Waals surface area contributed by atoms with E-state index >= 15 is 0 Å². The first kappa shape index (κ1) is 15.8. The monoisotopic (exact) mass is 302 g/mol. The summed E-state index contributed by atoms with van der Waals surface area (Å²) in [6, 6.07) is 18.0. The lowest BCUT2D eigenvalue weighted by Gasteiger charge is -2.06. The summed E-state index contributed by atoms with van der Waals surface area (Å²) >= 11 is 0. The van der Waals surface area contributed by atoms with Crippen LogP contribution in [-0.2, 0) is 4.79 Å². The van der Waals surface area contributed by atoms with Crippen molar-refractivity contribution in [3.8, 4) is 12.1 Å². The van der Waals surface area contributed by atoms with Gasteiger partial charge >= 0.3 is 0 Å². The Bertz CT molecular complexity index is 823. The number of amides is 1. The van der Waals surface area contributed by atoms with E-state index in [2.05, 4.69) is 10.6 Å². The molecule has 5 nitrogen and oxygen atoms in total. The zero-order valence-electron chi connectivity index (χ0n) is 12.5. The van der Waals surface area contributed by atoms with Crippen LogP contribution in [0.3, 0.4) is 0 Å². The SMILES string of the molecule is Cc1ccc(N/C=C(/C#N)C(=O)Nc2ccccc2C#N)cc1. The first-order valence-electron chi connectivity index (χ1n) is 6.88.